The third-order valence-electron chi connectivity index (χ3n) is 15.5. The first-order valence-corrected chi connectivity index (χ1v) is 26.0. The van der Waals surface area contributed by atoms with E-state index in [9.17, 15) is 10.1 Å². The summed E-state index contributed by atoms with van der Waals surface area (Å²) in [5, 5.41) is 25.0. The predicted molar refractivity (Wildman–Crippen MR) is 313 cm³/mol. The maximum absolute atomic E-state index is 12.6. The summed E-state index contributed by atoms with van der Waals surface area (Å²) in [5.74, 6) is 0.388. The number of furan rings is 2. The summed E-state index contributed by atoms with van der Waals surface area (Å²) in [5.41, 5.74) is 11.8. The van der Waals surface area contributed by atoms with Gasteiger partial charge in [0.2, 0.25) is 0 Å². The molecule has 0 N–H and O–H groups in total. The van der Waals surface area contributed by atoms with Gasteiger partial charge in [-0.1, -0.05) is 161 Å². The van der Waals surface area contributed by atoms with E-state index in [-0.39, 0.29) is 17.8 Å². The fourth-order valence-electron chi connectivity index (χ4n) is 12.2. The van der Waals surface area contributed by atoms with Crippen LogP contribution in [0.1, 0.15) is 63.1 Å². The number of carbonyl (C=O) groups excluding carboxylic acids is 1. The lowest BCUT2D eigenvalue weighted by Gasteiger charge is -2.32. The molecule has 14 rings (SSSR count). The van der Waals surface area contributed by atoms with E-state index in [1.807, 2.05) is 66.7 Å². The van der Waals surface area contributed by atoms with E-state index in [4.69, 9.17) is 13.6 Å². The van der Waals surface area contributed by atoms with E-state index in [2.05, 4.69) is 171 Å². The van der Waals surface area contributed by atoms with Crippen LogP contribution in [0.3, 0.4) is 0 Å². The van der Waals surface area contributed by atoms with Crippen LogP contribution >= 0.6 is 0 Å². The highest BCUT2D eigenvalue weighted by Gasteiger charge is 2.30. The van der Waals surface area contributed by atoms with Crippen LogP contribution in [-0.2, 0) is 4.79 Å². The monoisotopic (exact) mass is 983 g/mol. The first-order valence-electron chi connectivity index (χ1n) is 26.0. The maximum Gasteiger partial charge on any atom is 0.308 e. The Morgan fingerprint density at radius 1 is 0.421 bits per heavy atom. The molecule has 0 fully saturated rings. The standard InChI is InChI=1S/C69H49N3O4/c1-39(2)55-36-61(71(57-33-28-42(38-70)43-16-6-7-17-44(43)57)59-24-14-22-51-47-20-10-12-26-63(47)75-68(51)59)53-31-29-50-56(40(3)4)37-62(54-32-30-49(55)66(53)67(50)54)72(58-34-35-65(74-41(5)73)46-19-9-8-18-45(46)58)60-25-15-23-52-48-21-11-13-27-64(48)76-69(52)60/h6-37,39-40H,1-5H3. The number of hydrogen-bond donors (Lipinski definition) is 0. The fourth-order valence-corrected chi connectivity index (χ4v) is 12.2. The van der Waals surface area contributed by atoms with Crippen LogP contribution < -0.4 is 14.5 Å². The van der Waals surface area contributed by atoms with Crippen LogP contribution in [0.5, 0.6) is 5.75 Å². The minimum atomic E-state index is -0.379. The molecule has 0 radical (unpaired) electrons. The van der Waals surface area contributed by atoms with Crippen LogP contribution in [0.2, 0.25) is 0 Å². The lowest BCUT2D eigenvalue weighted by molar-refractivity contribution is -0.131. The first-order chi connectivity index (χ1) is 37.2. The number of esters is 1. The second-order valence-corrected chi connectivity index (χ2v) is 20.5. The van der Waals surface area contributed by atoms with E-state index in [0.29, 0.717) is 11.3 Å². The number of ether oxygens (including phenoxy) is 1. The molecule has 364 valence electrons. The van der Waals surface area contributed by atoms with Gasteiger partial charge in [-0.3, -0.25) is 4.79 Å². The molecule has 0 bridgehead atoms. The average Bonchev–Trinajstić information content (AvgIpc) is 4.16. The number of benzene rings is 12. The van der Waals surface area contributed by atoms with Crippen molar-refractivity contribution in [3.05, 3.63) is 211 Å². The summed E-state index contributed by atoms with van der Waals surface area (Å²) < 4.78 is 19.7. The van der Waals surface area contributed by atoms with E-state index in [1.165, 1.54) is 28.8 Å². The predicted octanol–water partition coefficient (Wildman–Crippen LogP) is 19.7. The summed E-state index contributed by atoms with van der Waals surface area (Å²) in [4.78, 5) is 17.3. The zero-order valence-corrected chi connectivity index (χ0v) is 42.6. The molecule has 0 saturated carbocycles. The lowest BCUT2D eigenvalue weighted by Crippen LogP contribution is -2.14. The zero-order valence-electron chi connectivity index (χ0n) is 42.6. The molecular formula is C69H49N3O4. The number of fused-ring (bicyclic) bond motifs is 8. The van der Waals surface area contributed by atoms with Crippen molar-refractivity contribution in [1.29, 1.82) is 5.26 Å². The zero-order chi connectivity index (χ0) is 51.5. The smallest absolute Gasteiger partial charge is 0.308 e. The third-order valence-corrected chi connectivity index (χ3v) is 15.5. The van der Waals surface area contributed by atoms with Crippen molar-refractivity contribution in [1.82, 2.24) is 0 Å². The summed E-state index contributed by atoms with van der Waals surface area (Å²) in [7, 11) is 0. The Kier molecular flexibility index (Phi) is 10.2. The van der Waals surface area contributed by atoms with Gasteiger partial charge in [0.15, 0.2) is 11.2 Å². The fraction of sp³-hybridized carbons (Fsp3) is 0.101. The summed E-state index contributed by atoms with van der Waals surface area (Å²) in [6, 6.07) is 70.2. The molecule has 0 amide bonds. The molecular weight excluding hydrogens is 935 g/mol. The molecule has 14 aromatic rings. The van der Waals surface area contributed by atoms with Gasteiger partial charge in [-0.2, -0.15) is 5.26 Å². The number of carbonyl (C=O) groups is 1. The van der Waals surface area contributed by atoms with Crippen LogP contribution in [0.25, 0.3) is 97.7 Å². The van der Waals surface area contributed by atoms with Gasteiger partial charge in [-0.05, 0) is 105 Å². The highest BCUT2D eigenvalue weighted by Crippen LogP contribution is 2.54. The van der Waals surface area contributed by atoms with Crippen molar-refractivity contribution < 1.29 is 18.4 Å². The number of hydrogen-bond acceptors (Lipinski definition) is 7. The molecule has 0 atom stereocenters. The summed E-state index contributed by atoms with van der Waals surface area (Å²) >= 11 is 0. The number of nitriles is 1. The molecule has 76 heavy (non-hydrogen) atoms. The quantitative estimate of drug-likeness (QED) is 0.0809. The highest BCUT2D eigenvalue weighted by atomic mass is 16.5. The van der Waals surface area contributed by atoms with Gasteiger partial charge < -0.3 is 23.4 Å². The molecule has 0 aliphatic carbocycles. The van der Waals surface area contributed by atoms with Gasteiger partial charge in [0.05, 0.1) is 45.8 Å². The maximum atomic E-state index is 12.6. The Morgan fingerprint density at radius 2 is 0.842 bits per heavy atom. The topological polar surface area (TPSA) is 82.9 Å². The Balaban J connectivity index is 1.13. The molecule has 0 unspecified atom stereocenters. The van der Waals surface area contributed by atoms with Crippen LogP contribution in [0, 0.1) is 11.3 Å². The number of anilines is 6. The van der Waals surface area contributed by atoms with Crippen molar-refractivity contribution in [2.75, 3.05) is 9.80 Å². The number of nitrogens with zero attached hydrogens (tertiary/aromatic N) is 3. The van der Waals surface area contributed by atoms with Crippen molar-refractivity contribution >= 4 is 138 Å². The Morgan fingerprint density at radius 3 is 1.33 bits per heavy atom. The highest BCUT2D eigenvalue weighted by molar-refractivity contribution is 6.30. The van der Waals surface area contributed by atoms with Crippen LogP contribution in [-0.4, -0.2) is 5.97 Å². The Bertz CT molecular complexity index is 4760. The van der Waals surface area contributed by atoms with Gasteiger partial charge in [-0.15, -0.1) is 0 Å². The van der Waals surface area contributed by atoms with Crippen molar-refractivity contribution in [3.8, 4) is 11.8 Å². The van der Waals surface area contributed by atoms with E-state index < -0.39 is 0 Å². The molecule has 7 heteroatoms. The van der Waals surface area contributed by atoms with E-state index in [0.717, 1.165) is 121 Å². The minimum absolute atomic E-state index is 0.131. The summed E-state index contributed by atoms with van der Waals surface area (Å²) in [6.07, 6.45) is 0. The van der Waals surface area contributed by atoms with Gasteiger partial charge in [-0.25, -0.2) is 0 Å². The van der Waals surface area contributed by atoms with Gasteiger partial charge in [0.1, 0.15) is 16.9 Å². The molecule has 0 saturated heterocycles. The number of rotatable bonds is 9. The second kappa shape index (κ2) is 17.2. The van der Waals surface area contributed by atoms with Crippen molar-refractivity contribution in [3.63, 3.8) is 0 Å². The molecule has 0 spiro atoms. The van der Waals surface area contributed by atoms with Crippen molar-refractivity contribution in [2.24, 2.45) is 0 Å². The minimum Gasteiger partial charge on any atom is -0.454 e. The lowest BCUT2D eigenvalue weighted by atomic mass is 9.84. The molecule has 0 aliphatic rings. The van der Waals surface area contributed by atoms with Gasteiger partial charge >= 0.3 is 5.97 Å². The third kappa shape index (κ3) is 6.70. The molecule has 12 aromatic carbocycles. The van der Waals surface area contributed by atoms with Crippen LogP contribution in [0.4, 0.5) is 34.1 Å². The van der Waals surface area contributed by atoms with Gasteiger partial charge in [0.25, 0.3) is 0 Å². The van der Waals surface area contributed by atoms with Gasteiger partial charge in [0, 0.05) is 60.8 Å². The van der Waals surface area contributed by atoms with Crippen molar-refractivity contribution in [2.45, 2.75) is 46.5 Å². The molecule has 0 aliphatic heterocycles. The average molecular weight is 984 g/mol. The Labute approximate surface area is 438 Å². The van der Waals surface area contributed by atoms with E-state index >= 15 is 0 Å². The van der Waals surface area contributed by atoms with E-state index in [1.54, 1.807) is 0 Å². The second-order valence-electron chi connectivity index (χ2n) is 20.5. The SMILES string of the molecule is CC(=O)Oc1ccc(N(c2cc(C(C)C)c3ccc4c(N(c5ccc(C#N)c6ccccc56)c5cccc6c5oc5ccccc56)cc(C(C)C)c5ccc2c3c54)c2cccc3c2oc2ccccc23)c2ccccc12. The largest absolute Gasteiger partial charge is 0.454 e. The molecule has 2 aromatic heterocycles. The molecule has 7 nitrogen and oxygen atoms in total. The Hall–Kier alpha value is -9.64. The first kappa shape index (κ1) is 45.0. The normalized spacial score (nSPS) is 12.0. The van der Waals surface area contributed by atoms with Crippen LogP contribution in [0.15, 0.2) is 203 Å². The summed E-state index contributed by atoms with van der Waals surface area (Å²) in [6.45, 7) is 10.6. The number of para-hydroxylation sites is 4. The molecule has 2 heterocycles.